The van der Waals surface area contributed by atoms with Gasteiger partial charge in [0.1, 0.15) is 11.4 Å². The molecule has 1 aromatic rings. The number of anilines is 1. The second-order valence-electron chi connectivity index (χ2n) is 5.29. The number of hydrogen-bond acceptors (Lipinski definition) is 3. The minimum atomic E-state index is -0.705. The Morgan fingerprint density at radius 3 is 2.95 bits per heavy atom. The second kappa shape index (κ2) is 5.59. The number of rotatable bonds is 4. The predicted octanol–water partition coefficient (Wildman–Crippen LogP) is 3.36. The molecule has 4 heteroatoms. The number of carbonyl (C=O) groups is 1. The smallest absolute Gasteiger partial charge is 0.331 e. The maximum atomic E-state index is 13.2. The molecule has 0 bridgehead atoms. The lowest BCUT2D eigenvalue weighted by Crippen LogP contribution is -2.45. The maximum absolute atomic E-state index is 13.2. The molecule has 2 atom stereocenters. The zero-order valence-corrected chi connectivity index (χ0v) is 11.4. The van der Waals surface area contributed by atoms with Gasteiger partial charge in [-0.25, -0.2) is 9.18 Å². The van der Waals surface area contributed by atoms with E-state index in [1.165, 1.54) is 12.1 Å². The van der Waals surface area contributed by atoms with E-state index in [2.05, 4.69) is 12.2 Å². The minimum absolute atomic E-state index is 0.233. The molecule has 0 radical (unpaired) electrons. The van der Waals surface area contributed by atoms with Crippen LogP contribution in [0.2, 0.25) is 0 Å². The van der Waals surface area contributed by atoms with Gasteiger partial charge in [0.05, 0.1) is 6.61 Å². The van der Waals surface area contributed by atoms with E-state index in [1.807, 2.05) is 0 Å². The molecule has 0 aromatic heterocycles. The van der Waals surface area contributed by atoms with E-state index in [0.717, 1.165) is 19.3 Å². The molecule has 1 aliphatic carbocycles. The summed E-state index contributed by atoms with van der Waals surface area (Å²) < 4.78 is 18.4. The molecule has 104 valence electrons. The highest BCUT2D eigenvalue weighted by atomic mass is 19.1. The van der Waals surface area contributed by atoms with Crippen LogP contribution in [0, 0.1) is 11.7 Å². The Morgan fingerprint density at radius 1 is 1.58 bits per heavy atom. The molecule has 0 amide bonds. The van der Waals surface area contributed by atoms with E-state index in [4.69, 9.17) is 4.74 Å². The van der Waals surface area contributed by atoms with Crippen molar-refractivity contribution in [2.45, 2.75) is 38.6 Å². The highest BCUT2D eigenvalue weighted by Crippen LogP contribution is 2.38. The van der Waals surface area contributed by atoms with Crippen molar-refractivity contribution >= 4 is 11.7 Å². The molecule has 1 aliphatic rings. The van der Waals surface area contributed by atoms with Gasteiger partial charge in [-0.1, -0.05) is 13.0 Å². The number of esters is 1. The van der Waals surface area contributed by atoms with E-state index < -0.39 is 5.54 Å². The van der Waals surface area contributed by atoms with Crippen molar-refractivity contribution in [1.82, 2.24) is 0 Å². The Balaban J connectivity index is 2.21. The van der Waals surface area contributed by atoms with Gasteiger partial charge in [-0.3, -0.25) is 0 Å². The summed E-state index contributed by atoms with van der Waals surface area (Å²) in [6.07, 6.45) is 2.42. The van der Waals surface area contributed by atoms with Crippen LogP contribution in [0.3, 0.4) is 0 Å². The summed E-state index contributed by atoms with van der Waals surface area (Å²) in [5.74, 6) is -0.0795. The normalized spacial score (nSPS) is 26.2. The van der Waals surface area contributed by atoms with Gasteiger partial charge in [0.2, 0.25) is 0 Å². The molecular formula is C15H20FNO2. The Labute approximate surface area is 113 Å². The fourth-order valence-corrected chi connectivity index (χ4v) is 2.75. The van der Waals surface area contributed by atoms with Crippen LogP contribution in [0.1, 0.15) is 33.1 Å². The largest absolute Gasteiger partial charge is 0.464 e. The fraction of sp³-hybridized carbons (Fsp3) is 0.533. The summed E-state index contributed by atoms with van der Waals surface area (Å²) in [6, 6.07) is 6.20. The first kappa shape index (κ1) is 13.8. The highest BCUT2D eigenvalue weighted by molar-refractivity contribution is 5.85. The summed E-state index contributed by atoms with van der Waals surface area (Å²) in [5, 5.41) is 3.20. The van der Waals surface area contributed by atoms with Crippen LogP contribution >= 0.6 is 0 Å². The van der Waals surface area contributed by atoms with E-state index in [1.54, 1.807) is 19.1 Å². The minimum Gasteiger partial charge on any atom is -0.464 e. The molecule has 0 aliphatic heterocycles. The van der Waals surface area contributed by atoms with Crippen molar-refractivity contribution in [3.8, 4) is 0 Å². The number of hydrogen-bond donors (Lipinski definition) is 1. The molecule has 1 fully saturated rings. The molecule has 2 unspecified atom stereocenters. The molecule has 1 saturated carbocycles. The van der Waals surface area contributed by atoms with Crippen molar-refractivity contribution in [2.24, 2.45) is 5.92 Å². The van der Waals surface area contributed by atoms with Crippen molar-refractivity contribution < 1.29 is 13.9 Å². The fourth-order valence-electron chi connectivity index (χ4n) is 2.75. The van der Waals surface area contributed by atoms with Crippen LogP contribution in [0.25, 0.3) is 0 Å². The molecule has 0 heterocycles. The van der Waals surface area contributed by atoms with Gasteiger partial charge in [0, 0.05) is 5.69 Å². The average molecular weight is 265 g/mol. The summed E-state index contributed by atoms with van der Waals surface area (Å²) >= 11 is 0. The number of benzene rings is 1. The third-order valence-corrected chi connectivity index (χ3v) is 3.64. The lowest BCUT2D eigenvalue weighted by molar-refractivity contribution is -0.148. The Morgan fingerprint density at radius 2 is 2.37 bits per heavy atom. The van der Waals surface area contributed by atoms with Gasteiger partial charge in [0.25, 0.3) is 0 Å². The third kappa shape index (κ3) is 3.06. The average Bonchev–Trinajstić information content (AvgIpc) is 2.72. The summed E-state index contributed by atoms with van der Waals surface area (Å²) in [7, 11) is 0. The first-order valence-corrected chi connectivity index (χ1v) is 6.77. The first-order chi connectivity index (χ1) is 9.05. The molecule has 1 N–H and O–H groups in total. The number of halogens is 1. The number of nitrogens with one attached hydrogen (secondary N) is 1. The Bertz CT molecular complexity index is 463. The van der Waals surface area contributed by atoms with E-state index >= 15 is 0 Å². The Kier molecular flexibility index (Phi) is 4.08. The number of ether oxygens (including phenoxy) is 1. The van der Waals surface area contributed by atoms with Crippen LogP contribution in [-0.4, -0.2) is 18.1 Å². The summed E-state index contributed by atoms with van der Waals surface area (Å²) in [6.45, 7) is 4.28. The lowest BCUT2D eigenvalue weighted by atomic mass is 9.95. The molecule has 1 aromatic carbocycles. The molecule has 2 rings (SSSR count). The molecule has 3 nitrogen and oxygen atoms in total. The van der Waals surface area contributed by atoms with E-state index in [0.29, 0.717) is 18.2 Å². The van der Waals surface area contributed by atoms with Crippen LogP contribution in [-0.2, 0) is 9.53 Å². The lowest BCUT2D eigenvalue weighted by Gasteiger charge is -2.29. The van der Waals surface area contributed by atoms with Crippen molar-refractivity contribution in [2.75, 3.05) is 11.9 Å². The summed E-state index contributed by atoms with van der Waals surface area (Å²) in [4.78, 5) is 12.2. The van der Waals surface area contributed by atoms with E-state index in [9.17, 15) is 9.18 Å². The zero-order chi connectivity index (χ0) is 13.9. The van der Waals surface area contributed by atoms with Crippen LogP contribution in [0.15, 0.2) is 24.3 Å². The van der Waals surface area contributed by atoms with Crippen molar-refractivity contribution in [3.63, 3.8) is 0 Å². The predicted molar refractivity (Wildman–Crippen MR) is 72.4 cm³/mol. The van der Waals surface area contributed by atoms with Crippen LogP contribution < -0.4 is 5.32 Å². The van der Waals surface area contributed by atoms with Crippen molar-refractivity contribution in [1.29, 1.82) is 0 Å². The van der Waals surface area contributed by atoms with Gasteiger partial charge in [0.15, 0.2) is 0 Å². The molecule has 19 heavy (non-hydrogen) atoms. The first-order valence-electron chi connectivity index (χ1n) is 6.77. The third-order valence-electron chi connectivity index (χ3n) is 3.64. The second-order valence-corrected chi connectivity index (χ2v) is 5.29. The monoisotopic (exact) mass is 265 g/mol. The van der Waals surface area contributed by atoms with Gasteiger partial charge in [-0.2, -0.15) is 0 Å². The molecule has 0 saturated heterocycles. The molecular weight excluding hydrogens is 245 g/mol. The maximum Gasteiger partial charge on any atom is 0.331 e. The van der Waals surface area contributed by atoms with Crippen molar-refractivity contribution in [3.05, 3.63) is 30.1 Å². The zero-order valence-electron chi connectivity index (χ0n) is 11.4. The van der Waals surface area contributed by atoms with E-state index in [-0.39, 0.29) is 11.8 Å². The standard InChI is InChI=1S/C15H20FNO2/c1-3-19-14(18)15(8-7-11(2)10-15)17-13-6-4-5-12(16)9-13/h4-6,9,11,17H,3,7-8,10H2,1-2H3. The topological polar surface area (TPSA) is 38.3 Å². The van der Waals surface area contributed by atoms with Crippen LogP contribution in [0.5, 0.6) is 0 Å². The SMILES string of the molecule is CCOC(=O)C1(Nc2cccc(F)c2)CCC(C)C1. The molecule has 0 spiro atoms. The van der Waals surface area contributed by atoms with Crippen LogP contribution in [0.4, 0.5) is 10.1 Å². The van der Waals surface area contributed by atoms with Gasteiger partial charge >= 0.3 is 5.97 Å². The number of carbonyl (C=O) groups excluding carboxylic acids is 1. The quantitative estimate of drug-likeness (QED) is 0.848. The van der Waals surface area contributed by atoms with Gasteiger partial charge < -0.3 is 10.1 Å². The van der Waals surface area contributed by atoms with Gasteiger partial charge in [-0.05, 0) is 50.3 Å². The van der Waals surface area contributed by atoms with Gasteiger partial charge in [-0.15, -0.1) is 0 Å². The highest BCUT2D eigenvalue weighted by Gasteiger charge is 2.45. The Hall–Kier alpha value is -1.58. The summed E-state index contributed by atoms with van der Waals surface area (Å²) in [5.41, 5.74) is -0.0781.